The van der Waals surface area contributed by atoms with Gasteiger partial charge in [-0.1, -0.05) is 35.0 Å². The number of carbonyl (C=O) groups excluding carboxylic acids is 2. The van der Waals surface area contributed by atoms with Crippen LogP contribution in [0.5, 0.6) is 11.5 Å². The fourth-order valence-electron chi connectivity index (χ4n) is 3.32. The monoisotopic (exact) mass is 471 g/mol. The van der Waals surface area contributed by atoms with Crippen molar-refractivity contribution in [2.24, 2.45) is 0 Å². The van der Waals surface area contributed by atoms with Gasteiger partial charge in [-0.3, -0.25) is 9.59 Å². The second kappa shape index (κ2) is 9.17. The summed E-state index contributed by atoms with van der Waals surface area (Å²) in [6.07, 6.45) is 0.0241. The zero-order chi connectivity index (χ0) is 21.8. The van der Waals surface area contributed by atoms with Gasteiger partial charge in [0.15, 0.2) is 5.78 Å². The summed E-state index contributed by atoms with van der Waals surface area (Å²) in [5, 5.41) is 11.0. The summed E-state index contributed by atoms with van der Waals surface area (Å²) in [6.45, 7) is 1.73. The van der Waals surface area contributed by atoms with Crippen LogP contribution >= 0.6 is 15.9 Å². The lowest BCUT2D eigenvalue weighted by molar-refractivity contribution is -0.139. The van der Waals surface area contributed by atoms with Gasteiger partial charge in [0.05, 0.1) is 37.6 Å². The van der Waals surface area contributed by atoms with Crippen molar-refractivity contribution in [3.8, 4) is 28.4 Å². The summed E-state index contributed by atoms with van der Waals surface area (Å²) < 4.78 is 12.7. The normalized spacial score (nSPS) is 10.7. The molecule has 0 aliphatic carbocycles. The number of benzene rings is 2. The molecular formula is C23H22BrNO5. The van der Waals surface area contributed by atoms with Crippen molar-refractivity contribution in [2.45, 2.75) is 19.8 Å². The van der Waals surface area contributed by atoms with Crippen LogP contribution in [0, 0.1) is 0 Å². The molecule has 0 bridgehead atoms. The second-order valence-electron chi connectivity index (χ2n) is 6.59. The van der Waals surface area contributed by atoms with Crippen molar-refractivity contribution < 1.29 is 24.2 Å². The maximum atomic E-state index is 12.8. The van der Waals surface area contributed by atoms with E-state index in [0.29, 0.717) is 22.8 Å². The molecule has 0 radical (unpaired) electrons. The number of nitrogens with zero attached hydrogens (tertiary/aromatic N) is 1. The van der Waals surface area contributed by atoms with Crippen molar-refractivity contribution >= 4 is 27.7 Å². The fraction of sp³-hybridized carbons (Fsp3) is 0.217. The third kappa shape index (κ3) is 4.11. The van der Waals surface area contributed by atoms with Crippen molar-refractivity contribution in [2.75, 3.05) is 14.2 Å². The minimum absolute atomic E-state index is 0.186. The smallest absolute Gasteiger partial charge is 0.311 e. The van der Waals surface area contributed by atoms with Gasteiger partial charge in [0.2, 0.25) is 0 Å². The van der Waals surface area contributed by atoms with Crippen LogP contribution in [0.2, 0.25) is 0 Å². The SMILES string of the molecule is CCC(=O)c1c(O)c(CC(=O)OC)n(-c2ccc(OC)cc2)c1-c1ccc(Br)cc1. The molecule has 0 saturated carbocycles. The highest BCUT2D eigenvalue weighted by Crippen LogP contribution is 2.40. The predicted molar refractivity (Wildman–Crippen MR) is 117 cm³/mol. The largest absolute Gasteiger partial charge is 0.505 e. The van der Waals surface area contributed by atoms with E-state index >= 15 is 0 Å². The quantitative estimate of drug-likeness (QED) is 0.390. The topological polar surface area (TPSA) is 77.8 Å². The summed E-state index contributed by atoms with van der Waals surface area (Å²) in [5.41, 5.74) is 2.42. The standard InChI is InChI=1S/C23H22BrNO5/c1-4-19(26)21-22(14-5-7-15(24)8-6-14)25(16-9-11-17(29-2)12-10-16)18(23(21)28)13-20(27)30-3/h5-12,28H,4,13H2,1-3H3. The minimum atomic E-state index is -0.518. The van der Waals surface area contributed by atoms with E-state index in [-0.39, 0.29) is 29.9 Å². The molecule has 1 aromatic heterocycles. The number of aromatic nitrogens is 1. The van der Waals surface area contributed by atoms with Gasteiger partial charge >= 0.3 is 5.97 Å². The van der Waals surface area contributed by atoms with Gasteiger partial charge in [0.1, 0.15) is 11.5 Å². The lowest BCUT2D eigenvalue weighted by atomic mass is 10.0. The summed E-state index contributed by atoms with van der Waals surface area (Å²) in [6, 6.07) is 14.6. The highest BCUT2D eigenvalue weighted by Gasteiger charge is 2.29. The molecule has 0 atom stereocenters. The minimum Gasteiger partial charge on any atom is -0.505 e. The number of hydrogen-bond acceptors (Lipinski definition) is 5. The number of ketones is 1. The molecule has 0 amide bonds. The Balaban J connectivity index is 2.37. The first kappa shape index (κ1) is 21.6. The van der Waals surface area contributed by atoms with Crippen LogP contribution < -0.4 is 4.74 Å². The average molecular weight is 472 g/mol. The van der Waals surface area contributed by atoms with E-state index < -0.39 is 5.97 Å². The van der Waals surface area contributed by atoms with Gasteiger partial charge in [0, 0.05) is 16.6 Å². The van der Waals surface area contributed by atoms with Crippen LogP contribution in [0.15, 0.2) is 53.0 Å². The van der Waals surface area contributed by atoms with Crippen molar-refractivity contribution in [3.63, 3.8) is 0 Å². The van der Waals surface area contributed by atoms with Crippen LogP contribution in [0.1, 0.15) is 29.4 Å². The first-order chi connectivity index (χ1) is 14.4. The molecule has 30 heavy (non-hydrogen) atoms. The number of rotatable bonds is 7. The molecule has 3 aromatic rings. The first-order valence-electron chi connectivity index (χ1n) is 9.38. The Bertz CT molecular complexity index is 1070. The number of Topliss-reactive ketones (excluding diaryl/α,β-unsaturated/α-hetero) is 1. The lowest BCUT2D eigenvalue weighted by Gasteiger charge is -2.15. The number of aromatic hydroxyl groups is 1. The molecule has 0 spiro atoms. The van der Waals surface area contributed by atoms with Crippen LogP contribution in [0.3, 0.4) is 0 Å². The molecular weight excluding hydrogens is 450 g/mol. The van der Waals surface area contributed by atoms with Crippen LogP contribution in [-0.2, 0) is 16.0 Å². The van der Waals surface area contributed by atoms with E-state index in [1.807, 2.05) is 36.4 Å². The predicted octanol–water partition coefficient (Wildman–Crippen LogP) is 4.93. The van der Waals surface area contributed by atoms with E-state index in [1.165, 1.54) is 7.11 Å². The molecule has 6 nitrogen and oxygen atoms in total. The number of ether oxygens (including phenoxy) is 2. The Kier molecular flexibility index (Phi) is 6.62. The summed E-state index contributed by atoms with van der Waals surface area (Å²) in [7, 11) is 2.86. The molecule has 2 aromatic carbocycles. The van der Waals surface area contributed by atoms with Gasteiger partial charge in [-0.2, -0.15) is 0 Å². The number of esters is 1. The number of hydrogen-bond donors (Lipinski definition) is 1. The van der Waals surface area contributed by atoms with E-state index in [4.69, 9.17) is 9.47 Å². The Morgan fingerprint density at radius 2 is 1.67 bits per heavy atom. The Morgan fingerprint density at radius 1 is 1.03 bits per heavy atom. The van der Waals surface area contributed by atoms with Gasteiger partial charge in [-0.05, 0) is 42.0 Å². The maximum absolute atomic E-state index is 12.8. The van der Waals surface area contributed by atoms with Crippen LogP contribution in [0.4, 0.5) is 0 Å². The first-order valence-corrected chi connectivity index (χ1v) is 10.2. The van der Waals surface area contributed by atoms with Crippen LogP contribution in [0.25, 0.3) is 16.9 Å². The maximum Gasteiger partial charge on any atom is 0.311 e. The third-order valence-corrected chi connectivity index (χ3v) is 5.36. The lowest BCUT2D eigenvalue weighted by Crippen LogP contribution is -2.10. The van der Waals surface area contributed by atoms with Gasteiger partial charge in [-0.25, -0.2) is 0 Å². The molecule has 156 valence electrons. The molecule has 7 heteroatoms. The Labute approximate surface area is 183 Å². The fourth-order valence-corrected chi connectivity index (χ4v) is 3.58. The summed E-state index contributed by atoms with van der Waals surface area (Å²) in [5.74, 6) is -0.278. The van der Waals surface area contributed by atoms with Crippen molar-refractivity contribution in [1.82, 2.24) is 4.57 Å². The molecule has 0 aliphatic rings. The Morgan fingerprint density at radius 3 is 2.20 bits per heavy atom. The molecule has 3 rings (SSSR count). The highest BCUT2D eigenvalue weighted by atomic mass is 79.9. The number of halogens is 1. The second-order valence-corrected chi connectivity index (χ2v) is 7.50. The molecule has 0 fully saturated rings. The highest BCUT2D eigenvalue weighted by molar-refractivity contribution is 9.10. The van der Waals surface area contributed by atoms with E-state index in [9.17, 15) is 14.7 Å². The summed E-state index contributed by atoms with van der Waals surface area (Å²) in [4.78, 5) is 24.9. The molecule has 0 unspecified atom stereocenters. The number of methoxy groups -OCH3 is 2. The molecule has 0 saturated heterocycles. The molecule has 1 N–H and O–H groups in total. The van der Waals surface area contributed by atoms with Gasteiger partial charge < -0.3 is 19.1 Å². The number of carbonyl (C=O) groups is 2. The average Bonchev–Trinajstić information content (AvgIpc) is 3.05. The summed E-state index contributed by atoms with van der Waals surface area (Å²) >= 11 is 3.42. The van der Waals surface area contributed by atoms with Gasteiger partial charge in [0.25, 0.3) is 0 Å². The van der Waals surface area contributed by atoms with Crippen molar-refractivity contribution in [1.29, 1.82) is 0 Å². The zero-order valence-electron chi connectivity index (χ0n) is 16.9. The molecule has 0 aliphatic heterocycles. The van der Waals surface area contributed by atoms with Crippen LogP contribution in [-0.4, -0.2) is 35.6 Å². The Hall–Kier alpha value is -3.06. The van der Waals surface area contributed by atoms with E-state index in [2.05, 4.69) is 15.9 Å². The molecule has 1 heterocycles. The third-order valence-electron chi connectivity index (χ3n) is 4.83. The van der Waals surface area contributed by atoms with E-state index in [0.717, 1.165) is 10.0 Å². The van der Waals surface area contributed by atoms with E-state index in [1.54, 1.807) is 30.7 Å². The zero-order valence-corrected chi connectivity index (χ0v) is 18.5. The van der Waals surface area contributed by atoms with Crippen molar-refractivity contribution in [3.05, 3.63) is 64.3 Å². The van der Waals surface area contributed by atoms with Gasteiger partial charge in [-0.15, -0.1) is 0 Å².